The van der Waals surface area contributed by atoms with Gasteiger partial charge in [-0.25, -0.2) is 0 Å². The Hall–Kier alpha value is -2.16. The molecule has 1 aliphatic carbocycles. The summed E-state index contributed by atoms with van der Waals surface area (Å²) in [5.41, 5.74) is 2.57. The van der Waals surface area contributed by atoms with Crippen molar-refractivity contribution in [3.63, 3.8) is 0 Å². The van der Waals surface area contributed by atoms with Crippen LogP contribution in [0.2, 0.25) is 0 Å². The van der Waals surface area contributed by atoms with Gasteiger partial charge in [0.1, 0.15) is 5.75 Å². The Morgan fingerprint density at radius 3 is 2.80 bits per heavy atom. The van der Waals surface area contributed by atoms with Gasteiger partial charge in [-0.1, -0.05) is 37.3 Å². The molecule has 1 aromatic heterocycles. The molecule has 1 N–H and O–H groups in total. The number of benzene rings is 1. The van der Waals surface area contributed by atoms with Gasteiger partial charge in [0.25, 0.3) is 0 Å². The van der Waals surface area contributed by atoms with Gasteiger partial charge in [0.05, 0.1) is 11.9 Å². The standard InChI is InChI=1S/C17H17NO2/c1-11-7-16-15(9-13(19)10-18-16)17(20)14(11)8-12-5-3-2-4-6-12/h2-6,9-11,14,19H,7-8H2,1H3/t11-,14+/m0/s1. The predicted molar refractivity (Wildman–Crippen MR) is 76.7 cm³/mol. The van der Waals surface area contributed by atoms with E-state index in [1.54, 1.807) is 6.07 Å². The third kappa shape index (κ3) is 2.31. The van der Waals surface area contributed by atoms with Gasteiger partial charge in [0.2, 0.25) is 0 Å². The van der Waals surface area contributed by atoms with Crippen LogP contribution in [0, 0.1) is 11.8 Å². The van der Waals surface area contributed by atoms with E-state index < -0.39 is 0 Å². The molecule has 0 aliphatic heterocycles. The number of Topliss-reactive ketones (excluding diaryl/α,β-unsaturated/α-hetero) is 1. The number of hydrogen-bond acceptors (Lipinski definition) is 3. The number of fused-ring (bicyclic) bond motifs is 1. The van der Waals surface area contributed by atoms with Crippen LogP contribution >= 0.6 is 0 Å². The summed E-state index contributed by atoms with van der Waals surface area (Å²) in [7, 11) is 0. The number of hydrogen-bond donors (Lipinski definition) is 1. The van der Waals surface area contributed by atoms with Crippen molar-refractivity contribution < 1.29 is 9.90 Å². The van der Waals surface area contributed by atoms with Gasteiger partial charge in [-0.2, -0.15) is 0 Å². The first-order valence-corrected chi connectivity index (χ1v) is 6.91. The van der Waals surface area contributed by atoms with Crippen molar-refractivity contribution in [3.05, 3.63) is 59.4 Å². The summed E-state index contributed by atoms with van der Waals surface area (Å²) in [6, 6.07) is 11.6. The average Bonchev–Trinajstić information content (AvgIpc) is 2.46. The van der Waals surface area contributed by atoms with Gasteiger partial charge >= 0.3 is 0 Å². The molecule has 0 saturated heterocycles. The molecule has 102 valence electrons. The van der Waals surface area contributed by atoms with Crippen molar-refractivity contribution in [2.75, 3.05) is 0 Å². The summed E-state index contributed by atoms with van der Waals surface area (Å²) >= 11 is 0. The predicted octanol–water partition coefficient (Wildman–Crippen LogP) is 3.02. The second kappa shape index (κ2) is 5.08. The van der Waals surface area contributed by atoms with Gasteiger partial charge in [-0.05, 0) is 30.4 Å². The molecule has 3 rings (SSSR count). The molecule has 0 fully saturated rings. The van der Waals surface area contributed by atoms with Crippen molar-refractivity contribution in [2.24, 2.45) is 11.8 Å². The van der Waals surface area contributed by atoms with Crippen LogP contribution in [-0.2, 0) is 12.8 Å². The third-order valence-corrected chi connectivity index (χ3v) is 4.06. The van der Waals surface area contributed by atoms with Crippen LogP contribution in [-0.4, -0.2) is 15.9 Å². The molecule has 2 aromatic rings. The summed E-state index contributed by atoms with van der Waals surface area (Å²) in [5.74, 6) is 0.400. The normalized spacial score (nSPS) is 21.6. The monoisotopic (exact) mass is 267 g/mol. The van der Waals surface area contributed by atoms with Crippen LogP contribution in [0.4, 0.5) is 0 Å². The lowest BCUT2D eigenvalue weighted by molar-refractivity contribution is 0.0858. The summed E-state index contributed by atoms with van der Waals surface area (Å²) < 4.78 is 0. The smallest absolute Gasteiger partial charge is 0.168 e. The zero-order valence-corrected chi connectivity index (χ0v) is 11.4. The summed E-state index contributed by atoms with van der Waals surface area (Å²) in [6.45, 7) is 2.10. The molecule has 20 heavy (non-hydrogen) atoms. The highest BCUT2D eigenvalue weighted by Gasteiger charge is 2.33. The first kappa shape index (κ1) is 12.9. The molecule has 0 saturated carbocycles. The van der Waals surface area contributed by atoms with E-state index in [9.17, 15) is 9.90 Å². The molecule has 0 bridgehead atoms. The van der Waals surface area contributed by atoms with E-state index in [1.807, 2.05) is 18.2 Å². The highest BCUT2D eigenvalue weighted by atomic mass is 16.3. The number of nitrogens with zero attached hydrogens (tertiary/aromatic N) is 1. The maximum absolute atomic E-state index is 12.6. The minimum Gasteiger partial charge on any atom is -0.506 e. The number of carbonyl (C=O) groups excluding carboxylic acids is 1. The largest absolute Gasteiger partial charge is 0.506 e. The van der Waals surface area contributed by atoms with E-state index in [1.165, 1.54) is 11.8 Å². The van der Waals surface area contributed by atoms with Crippen molar-refractivity contribution in [3.8, 4) is 5.75 Å². The number of carbonyl (C=O) groups is 1. The van der Waals surface area contributed by atoms with Crippen LogP contribution in [0.1, 0.15) is 28.5 Å². The highest BCUT2D eigenvalue weighted by molar-refractivity contribution is 6.00. The Balaban J connectivity index is 1.91. The van der Waals surface area contributed by atoms with Gasteiger partial charge in [0, 0.05) is 11.5 Å². The lowest BCUT2D eigenvalue weighted by atomic mass is 9.75. The fraction of sp³-hybridized carbons (Fsp3) is 0.294. The SMILES string of the molecule is C[C@H]1Cc2ncc(O)cc2C(=O)[C@@H]1Cc1ccccc1. The topological polar surface area (TPSA) is 50.2 Å². The van der Waals surface area contributed by atoms with Crippen LogP contribution in [0.25, 0.3) is 0 Å². The van der Waals surface area contributed by atoms with Crippen LogP contribution in [0.15, 0.2) is 42.6 Å². The Kier molecular flexibility index (Phi) is 3.26. The molecule has 1 heterocycles. The first-order valence-electron chi connectivity index (χ1n) is 6.91. The zero-order chi connectivity index (χ0) is 14.1. The van der Waals surface area contributed by atoms with Crippen LogP contribution in [0.5, 0.6) is 5.75 Å². The lowest BCUT2D eigenvalue weighted by Gasteiger charge is -2.28. The Bertz CT molecular complexity index is 637. The van der Waals surface area contributed by atoms with Gasteiger partial charge in [0.15, 0.2) is 5.78 Å². The van der Waals surface area contributed by atoms with E-state index in [2.05, 4.69) is 24.0 Å². The summed E-state index contributed by atoms with van der Waals surface area (Å²) in [4.78, 5) is 16.8. The van der Waals surface area contributed by atoms with Crippen molar-refractivity contribution in [1.29, 1.82) is 0 Å². The minimum absolute atomic E-state index is 0.0338. The summed E-state index contributed by atoms with van der Waals surface area (Å²) in [5, 5.41) is 9.53. The van der Waals surface area contributed by atoms with Crippen molar-refractivity contribution in [2.45, 2.75) is 19.8 Å². The molecule has 3 heteroatoms. The second-order valence-electron chi connectivity index (χ2n) is 5.53. The average molecular weight is 267 g/mol. The van der Waals surface area contributed by atoms with E-state index in [0.717, 1.165) is 18.5 Å². The first-order chi connectivity index (χ1) is 9.65. The minimum atomic E-state index is -0.0338. The molecule has 2 atom stereocenters. The van der Waals surface area contributed by atoms with Crippen LogP contribution < -0.4 is 0 Å². The Morgan fingerprint density at radius 2 is 2.05 bits per heavy atom. The maximum atomic E-state index is 12.6. The number of rotatable bonds is 2. The fourth-order valence-electron chi connectivity index (χ4n) is 2.93. The number of ketones is 1. The highest BCUT2D eigenvalue weighted by Crippen LogP contribution is 2.32. The Morgan fingerprint density at radius 1 is 1.30 bits per heavy atom. The molecule has 1 aromatic carbocycles. The molecule has 3 nitrogen and oxygen atoms in total. The molecule has 0 unspecified atom stereocenters. The maximum Gasteiger partial charge on any atom is 0.168 e. The summed E-state index contributed by atoms with van der Waals surface area (Å²) in [6.07, 6.45) is 2.95. The zero-order valence-electron chi connectivity index (χ0n) is 11.4. The quantitative estimate of drug-likeness (QED) is 0.910. The van der Waals surface area contributed by atoms with E-state index in [0.29, 0.717) is 5.56 Å². The fourth-order valence-corrected chi connectivity index (χ4v) is 2.93. The Labute approximate surface area is 118 Å². The van der Waals surface area contributed by atoms with Gasteiger partial charge < -0.3 is 5.11 Å². The van der Waals surface area contributed by atoms with E-state index in [-0.39, 0.29) is 23.4 Å². The van der Waals surface area contributed by atoms with Gasteiger partial charge in [-0.15, -0.1) is 0 Å². The molecule has 1 aliphatic rings. The van der Waals surface area contributed by atoms with E-state index in [4.69, 9.17) is 0 Å². The molecule has 0 amide bonds. The number of aromatic hydroxyl groups is 1. The van der Waals surface area contributed by atoms with Crippen molar-refractivity contribution in [1.82, 2.24) is 4.98 Å². The van der Waals surface area contributed by atoms with E-state index >= 15 is 0 Å². The van der Waals surface area contributed by atoms with Gasteiger partial charge in [-0.3, -0.25) is 9.78 Å². The number of pyridine rings is 1. The molecule has 0 radical (unpaired) electrons. The molecular weight excluding hydrogens is 250 g/mol. The third-order valence-electron chi connectivity index (χ3n) is 4.06. The molecular formula is C17H17NO2. The van der Waals surface area contributed by atoms with Crippen molar-refractivity contribution >= 4 is 5.78 Å². The lowest BCUT2D eigenvalue weighted by Crippen LogP contribution is -2.32. The molecule has 0 spiro atoms. The second-order valence-corrected chi connectivity index (χ2v) is 5.53. The van der Waals surface area contributed by atoms with Crippen LogP contribution in [0.3, 0.4) is 0 Å². The number of aromatic nitrogens is 1.